The van der Waals surface area contributed by atoms with Gasteiger partial charge in [0.25, 0.3) is 0 Å². The molecule has 0 bridgehead atoms. The lowest BCUT2D eigenvalue weighted by Gasteiger charge is -2.38. The van der Waals surface area contributed by atoms with Crippen molar-refractivity contribution in [3.63, 3.8) is 0 Å². The third kappa shape index (κ3) is 4.70. The molecule has 0 atom stereocenters. The third-order valence-electron chi connectivity index (χ3n) is 4.35. The maximum absolute atomic E-state index is 4.74. The minimum Gasteiger partial charge on any atom is -0.356 e. The molecule has 2 rings (SSSR count). The fraction of sp³-hybridized carbons (Fsp3) is 0.722. The van der Waals surface area contributed by atoms with Gasteiger partial charge in [0, 0.05) is 31.4 Å². The summed E-state index contributed by atoms with van der Waals surface area (Å²) in [4.78, 5) is 7.18. The van der Waals surface area contributed by atoms with Crippen LogP contribution in [0.2, 0.25) is 0 Å². The summed E-state index contributed by atoms with van der Waals surface area (Å²) in [6.07, 6.45) is 4.53. The van der Waals surface area contributed by atoms with Crippen molar-refractivity contribution in [1.29, 1.82) is 0 Å². The highest BCUT2D eigenvalue weighted by Crippen LogP contribution is 2.32. The average molecular weight is 289 g/mol. The predicted molar refractivity (Wildman–Crippen MR) is 90.8 cm³/mol. The zero-order chi connectivity index (χ0) is 15.7. The summed E-state index contributed by atoms with van der Waals surface area (Å²) in [5.74, 6) is 1.17. The summed E-state index contributed by atoms with van der Waals surface area (Å²) in [7, 11) is 0. The lowest BCUT2D eigenvalue weighted by atomic mass is 9.82. The van der Waals surface area contributed by atoms with Crippen molar-refractivity contribution in [3.05, 3.63) is 23.4 Å². The number of hydrogen-bond acceptors (Lipinski definition) is 3. The lowest BCUT2D eigenvalue weighted by Crippen LogP contribution is -2.38. The molecule has 0 aromatic carbocycles. The lowest BCUT2D eigenvalue weighted by molar-refractivity contribution is 0.279. The van der Waals surface area contributed by atoms with Crippen molar-refractivity contribution in [2.24, 2.45) is 5.41 Å². The number of anilines is 1. The largest absolute Gasteiger partial charge is 0.356 e. The van der Waals surface area contributed by atoms with Gasteiger partial charge in [-0.05, 0) is 63.1 Å². The molecule has 118 valence electrons. The van der Waals surface area contributed by atoms with Crippen LogP contribution in [0.1, 0.15) is 58.6 Å². The molecule has 1 N–H and O–H groups in total. The van der Waals surface area contributed by atoms with E-state index >= 15 is 0 Å². The topological polar surface area (TPSA) is 28.2 Å². The molecule has 2 heterocycles. The van der Waals surface area contributed by atoms with Crippen LogP contribution in [-0.2, 0) is 6.54 Å². The van der Waals surface area contributed by atoms with Gasteiger partial charge in [0.2, 0.25) is 0 Å². The minimum absolute atomic E-state index is 0.144. The van der Waals surface area contributed by atoms with Crippen molar-refractivity contribution in [3.8, 4) is 0 Å². The van der Waals surface area contributed by atoms with E-state index in [-0.39, 0.29) is 5.54 Å². The van der Waals surface area contributed by atoms with Crippen LogP contribution in [0.25, 0.3) is 0 Å². The second-order valence-corrected chi connectivity index (χ2v) is 8.24. The fourth-order valence-corrected chi connectivity index (χ4v) is 2.74. The van der Waals surface area contributed by atoms with E-state index in [0.29, 0.717) is 5.41 Å². The van der Waals surface area contributed by atoms with E-state index in [4.69, 9.17) is 4.98 Å². The number of piperidine rings is 1. The molecular weight excluding hydrogens is 258 g/mol. The quantitative estimate of drug-likeness (QED) is 0.914. The van der Waals surface area contributed by atoms with E-state index in [9.17, 15) is 0 Å². The summed E-state index contributed by atoms with van der Waals surface area (Å²) in [6.45, 7) is 16.6. The summed E-state index contributed by atoms with van der Waals surface area (Å²) in [6, 6.07) is 2.28. The molecule has 0 radical (unpaired) electrons. The molecule has 0 aliphatic carbocycles. The molecule has 1 aliphatic heterocycles. The van der Waals surface area contributed by atoms with Crippen LogP contribution < -0.4 is 10.2 Å². The maximum Gasteiger partial charge on any atom is 0.131 e. The van der Waals surface area contributed by atoms with Gasteiger partial charge in [-0.3, -0.25) is 0 Å². The zero-order valence-electron chi connectivity index (χ0n) is 14.6. The van der Waals surface area contributed by atoms with Crippen molar-refractivity contribution in [1.82, 2.24) is 10.3 Å². The Balaban J connectivity index is 2.03. The molecule has 21 heavy (non-hydrogen) atoms. The summed E-state index contributed by atoms with van der Waals surface area (Å²) in [5, 5.41) is 3.52. The van der Waals surface area contributed by atoms with Gasteiger partial charge in [-0.15, -0.1) is 0 Å². The normalized spacial score (nSPS) is 18.9. The molecule has 0 spiro atoms. The second kappa shape index (κ2) is 5.96. The van der Waals surface area contributed by atoms with Gasteiger partial charge in [-0.1, -0.05) is 13.8 Å². The second-order valence-electron chi connectivity index (χ2n) is 8.24. The van der Waals surface area contributed by atoms with Gasteiger partial charge in [0.15, 0.2) is 0 Å². The molecule has 1 fully saturated rings. The SMILES string of the molecule is Cc1cc(CNC(C)(C)C)cnc1N1CCC(C)(C)CC1. The molecule has 0 amide bonds. The molecule has 3 nitrogen and oxygen atoms in total. The van der Waals surface area contributed by atoms with E-state index < -0.39 is 0 Å². The van der Waals surface area contributed by atoms with E-state index in [1.807, 2.05) is 6.20 Å². The zero-order valence-corrected chi connectivity index (χ0v) is 14.6. The molecule has 1 aromatic heterocycles. The Morgan fingerprint density at radius 1 is 1.24 bits per heavy atom. The third-order valence-corrected chi connectivity index (χ3v) is 4.35. The average Bonchev–Trinajstić information content (AvgIpc) is 2.36. The Morgan fingerprint density at radius 3 is 2.38 bits per heavy atom. The van der Waals surface area contributed by atoms with Crippen LogP contribution in [0.4, 0.5) is 5.82 Å². The highest BCUT2D eigenvalue weighted by atomic mass is 15.2. The number of aromatic nitrogens is 1. The molecule has 0 saturated carbocycles. The van der Waals surface area contributed by atoms with Crippen LogP contribution in [0.15, 0.2) is 12.3 Å². The molecule has 1 aromatic rings. The van der Waals surface area contributed by atoms with Crippen molar-refractivity contribution in [2.45, 2.75) is 66.5 Å². The van der Waals surface area contributed by atoms with Gasteiger partial charge in [-0.2, -0.15) is 0 Å². The highest BCUT2D eigenvalue weighted by molar-refractivity contribution is 5.47. The summed E-state index contributed by atoms with van der Waals surface area (Å²) < 4.78 is 0. The van der Waals surface area contributed by atoms with E-state index in [0.717, 1.165) is 19.6 Å². The molecule has 1 saturated heterocycles. The van der Waals surface area contributed by atoms with Crippen LogP contribution in [0.5, 0.6) is 0 Å². The standard InChI is InChI=1S/C18H31N3/c1-14-11-15(13-20-17(2,3)4)12-19-16(14)21-9-7-18(5,6)8-10-21/h11-12,20H,7-10,13H2,1-6H3. The van der Waals surface area contributed by atoms with Crippen LogP contribution in [0.3, 0.4) is 0 Å². The number of nitrogens with one attached hydrogen (secondary N) is 1. The first-order valence-electron chi connectivity index (χ1n) is 8.12. The van der Waals surface area contributed by atoms with Crippen LogP contribution in [0, 0.1) is 12.3 Å². The number of rotatable bonds is 3. The Bertz CT molecular complexity index is 476. The smallest absolute Gasteiger partial charge is 0.131 e. The number of aryl methyl sites for hydroxylation is 1. The van der Waals surface area contributed by atoms with Gasteiger partial charge < -0.3 is 10.2 Å². The Morgan fingerprint density at radius 2 is 1.86 bits per heavy atom. The molecule has 0 unspecified atom stereocenters. The Labute approximate surface area is 130 Å². The van der Waals surface area contributed by atoms with Crippen molar-refractivity contribution < 1.29 is 0 Å². The first-order valence-corrected chi connectivity index (χ1v) is 8.12. The summed E-state index contributed by atoms with van der Waals surface area (Å²) >= 11 is 0. The monoisotopic (exact) mass is 289 g/mol. The predicted octanol–water partition coefficient (Wildman–Crippen LogP) is 3.90. The Hall–Kier alpha value is -1.09. The van der Waals surface area contributed by atoms with Gasteiger partial charge >= 0.3 is 0 Å². The van der Waals surface area contributed by atoms with Crippen molar-refractivity contribution in [2.75, 3.05) is 18.0 Å². The van der Waals surface area contributed by atoms with Crippen LogP contribution >= 0.6 is 0 Å². The van der Waals surface area contributed by atoms with Crippen LogP contribution in [-0.4, -0.2) is 23.6 Å². The highest BCUT2D eigenvalue weighted by Gasteiger charge is 2.26. The van der Waals surface area contributed by atoms with Crippen molar-refractivity contribution >= 4 is 5.82 Å². The summed E-state index contributed by atoms with van der Waals surface area (Å²) in [5.41, 5.74) is 3.19. The first kappa shape index (κ1) is 16.3. The van der Waals surface area contributed by atoms with Gasteiger partial charge in [0.05, 0.1) is 0 Å². The van der Waals surface area contributed by atoms with E-state index in [2.05, 4.69) is 57.8 Å². The molecule has 1 aliphatic rings. The number of pyridine rings is 1. The van der Waals surface area contributed by atoms with Gasteiger partial charge in [0.1, 0.15) is 5.82 Å². The van der Waals surface area contributed by atoms with Gasteiger partial charge in [-0.25, -0.2) is 4.98 Å². The molecular formula is C18H31N3. The first-order chi connectivity index (χ1) is 9.66. The maximum atomic E-state index is 4.74. The van der Waals surface area contributed by atoms with E-state index in [1.54, 1.807) is 0 Å². The Kier molecular flexibility index (Phi) is 4.62. The molecule has 3 heteroatoms. The minimum atomic E-state index is 0.144. The van der Waals surface area contributed by atoms with E-state index in [1.165, 1.54) is 29.8 Å². The number of nitrogens with zero attached hydrogens (tertiary/aromatic N) is 2. The number of hydrogen-bond donors (Lipinski definition) is 1. The fourth-order valence-electron chi connectivity index (χ4n) is 2.74.